The molecule has 2 aromatic rings. The van der Waals surface area contributed by atoms with Crippen LogP contribution < -0.4 is 9.47 Å². The van der Waals surface area contributed by atoms with Gasteiger partial charge >= 0.3 is 0 Å². The Labute approximate surface area is 162 Å². The maximum absolute atomic E-state index is 8.86. The number of aryl methyl sites for hydroxylation is 2. The van der Waals surface area contributed by atoms with Crippen molar-refractivity contribution in [2.45, 2.75) is 58.8 Å². The van der Waals surface area contributed by atoms with Gasteiger partial charge in [0.1, 0.15) is 11.5 Å². The minimum atomic E-state index is -0.235. The van der Waals surface area contributed by atoms with Crippen molar-refractivity contribution in [2.24, 2.45) is 0 Å². The summed E-state index contributed by atoms with van der Waals surface area (Å²) in [7, 11) is 0. The van der Waals surface area contributed by atoms with Crippen molar-refractivity contribution >= 4 is 0 Å². The van der Waals surface area contributed by atoms with Gasteiger partial charge in [0.15, 0.2) is 0 Å². The highest BCUT2D eigenvalue weighted by Crippen LogP contribution is 2.36. The van der Waals surface area contributed by atoms with E-state index in [0.29, 0.717) is 11.5 Å². The van der Waals surface area contributed by atoms with Crippen LogP contribution in [0, 0.1) is 23.0 Å². The smallest absolute Gasteiger partial charge is 0.292 e. The highest BCUT2D eigenvalue weighted by molar-refractivity contribution is 5.48. The number of hydrogen-bond donors (Lipinski definition) is 0. The van der Waals surface area contributed by atoms with E-state index in [1.165, 1.54) is 0 Å². The number of benzene rings is 2. The molecule has 0 saturated carbocycles. The second-order valence-corrected chi connectivity index (χ2v) is 7.16. The average Bonchev–Trinajstić information content (AvgIpc) is 2.65. The number of nitrogens with zero attached hydrogens (tertiary/aromatic N) is 2. The fraction of sp³-hybridized carbons (Fsp3) is 0.391. The topological polar surface area (TPSA) is 66.0 Å². The third-order valence-electron chi connectivity index (χ3n) is 4.91. The molecule has 0 bridgehead atoms. The van der Waals surface area contributed by atoms with Crippen LogP contribution in [-0.2, 0) is 18.3 Å². The molecule has 0 aliphatic heterocycles. The third-order valence-corrected chi connectivity index (χ3v) is 4.91. The van der Waals surface area contributed by atoms with Crippen LogP contribution in [0.3, 0.4) is 0 Å². The van der Waals surface area contributed by atoms with Crippen LogP contribution in [0.1, 0.15) is 62.8 Å². The third kappa shape index (κ3) is 4.60. The molecule has 0 aliphatic carbocycles. The Hall–Kier alpha value is -2.98. The van der Waals surface area contributed by atoms with Gasteiger partial charge in [-0.05, 0) is 47.2 Å². The monoisotopic (exact) mass is 362 g/mol. The molecular formula is C23H26N2O2. The van der Waals surface area contributed by atoms with Crippen molar-refractivity contribution in [3.8, 4) is 24.0 Å². The summed E-state index contributed by atoms with van der Waals surface area (Å²) in [5, 5.41) is 17.7. The SMILES string of the molecule is CCCc1cc(C(C)(C)c2ccc(OC#N)c(CCC)c2)ccc1OC#N. The minimum Gasteiger partial charge on any atom is -0.388 e. The first-order valence-electron chi connectivity index (χ1n) is 9.36. The molecule has 2 rings (SSSR count). The first-order chi connectivity index (χ1) is 13.0. The average molecular weight is 362 g/mol. The summed E-state index contributed by atoms with van der Waals surface area (Å²) in [6, 6.07) is 12.1. The van der Waals surface area contributed by atoms with Crippen molar-refractivity contribution in [3.05, 3.63) is 58.7 Å². The Morgan fingerprint density at radius 3 is 1.52 bits per heavy atom. The molecule has 0 atom stereocenters. The highest BCUT2D eigenvalue weighted by atomic mass is 16.5. The standard InChI is InChI=1S/C23H26N2O2/c1-5-7-17-13-19(9-11-21(17)26-15-24)23(3,4)20-10-12-22(27-16-25)18(14-20)8-6-2/h9-14H,5-8H2,1-4H3. The Bertz CT molecular complexity index is 801. The first kappa shape index (κ1) is 20.3. The van der Waals surface area contributed by atoms with Crippen LogP contribution in [0.15, 0.2) is 36.4 Å². The zero-order chi connectivity index (χ0) is 19.9. The van der Waals surface area contributed by atoms with Crippen LogP contribution in [0.25, 0.3) is 0 Å². The summed E-state index contributed by atoms with van der Waals surface area (Å²) >= 11 is 0. The van der Waals surface area contributed by atoms with Crippen molar-refractivity contribution in [1.29, 1.82) is 10.5 Å². The molecule has 0 N–H and O–H groups in total. The molecular weight excluding hydrogens is 336 g/mol. The Morgan fingerprint density at radius 2 is 1.19 bits per heavy atom. The fourth-order valence-electron chi connectivity index (χ4n) is 3.33. The largest absolute Gasteiger partial charge is 0.388 e. The lowest BCUT2D eigenvalue weighted by molar-refractivity contribution is 0.496. The molecule has 0 heterocycles. The lowest BCUT2D eigenvalue weighted by atomic mass is 9.76. The predicted octanol–water partition coefficient (Wildman–Crippen LogP) is 5.64. The molecule has 0 saturated heterocycles. The van der Waals surface area contributed by atoms with E-state index in [4.69, 9.17) is 20.0 Å². The van der Waals surface area contributed by atoms with Gasteiger partial charge in [0.05, 0.1) is 0 Å². The number of ether oxygens (including phenoxy) is 2. The van der Waals surface area contributed by atoms with Crippen LogP contribution in [0.5, 0.6) is 11.5 Å². The maximum atomic E-state index is 8.86. The van der Waals surface area contributed by atoms with Crippen LogP contribution >= 0.6 is 0 Å². The number of rotatable bonds is 8. The highest BCUT2D eigenvalue weighted by Gasteiger charge is 2.25. The summed E-state index contributed by atoms with van der Waals surface area (Å²) in [6.07, 6.45) is 7.22. The lowest BCUT2D eigenvalue weighted by Crippen LogP contribution is -2.19. The van der Waals surface area contributed by atoms with Gasteiger partial charge in [0.2, 0.25) is 0 Å². The van der Waals surface area contributed by atoms with Crippen LogP contribution in [0.4, 0.5) is 0 Å². The number of hydrogen-bond acceptors (Lipinski definition) is 4. The Balaban J connectivity index is 2.48. The molecule has 0 unspecified atom stereocenters. The molecule has 140 valence electrons. The normalized spacial score (nSPS) is 10.7. The van der Waals surface area contributed by atoms with Gasteiger partial charge in [-0.1, -0.05) is 64.8 Å². The maximum Gasteiger partial charge on any atom is 0.292 e. The van der Waals surface area contributed by atoms with Gasteiger partial charge in [0, 0.05) is 5.41 Å². The molecule has 0 aliphatic rings. The quantitative estimate of drug-likeness (QED) is 0.570. The van der Waals surface area contributed by atoms with E-state index in [1.807, 2.05) is 24.3 Å². The molecule has 27 heavy (non-hydrogen) atoms. The van der Waals surface area contributed by atoms with Gasteiger partial charge < -0.3 is 9.47 Å². The Morgan fingerprint density at radius 1 is 0.778 bits per heavy atom. The van der Waals surface area contributed by atoms with Gasteiger partial charge in [-0.15, -0.1) is 10.5 Å². The van der Waals surface area contributed by atoms with Crippen LogP contribution in [-0.4, -0.2) is 0 Å². The lowest BCUT2D eigenvalue weighted by Gasteiger charge is -2.28. The van der Waals surface area contributed by atoms with E-state index >= 15 is 0 Å². The van der Waals surface area contributed by atoms with Crippen molar-refractivity contribution in [3.63, 3.8) is 0 Å². The predicted molar refractivity (Wildman–Crippen MR) is 105 cm³/mol. The molecule has 4 heteroatoms. The van der Waals surface area contributed by atoms with Crippen LogP contribution in [0.2, 0.25) is 0 Å². The zero-order valence-electron chi connectivity index (χ0n) is 16.5. The van der Waals surface area contributed by atoms with E-state index in [0.717, 1.165) is 47.9 Å². The van der Waals surface area contributed by atoms with Gasteiger partial charge in [-0.2, -0.15) is 0 Å². The summed E-state index contributed by atoms with van der Waals surface area (Å²) in [6.45, 7) is 8.58. The molecule has 0 aromatic heterocycles. The molecule has 4 nitrogen and oxygen atoms in total. The van der Waals surface area contributed by atoms with Crippen molar-refractivity contribution < 1.29 is 9.47 Å². The van der Waals surface area contributed by atoms with E-state index in [1.54, 1.807) is 12.5 Å². The Kier molecular flexibility index (Phi) is 6.85. The first-order valence-corrected chi connectivity index (χ1v) is 9.36. The molecule has 0 fully saturated rings. The summed E-state index contributed by atoms with van der Waals surface area (Å²) in [5.41, 5.74) is 4.17. The second-order valence-electron chi connectivity index (χ2n) is 7.16. The van der Waals surface area contributed by atoms with Crippen molar-refractivity contribution in [2.75, 3.05) is 0 Å². The number of nitriles is 2. The van der Waals surface area contributed by atoms with Gasteiger partial charge in [0.25, 0.3) is 12.5 Å². The van der Waals surface area contributed by atoms with E-state index < -0.39 is 0 Å². The summed E-state index contributed by atoms with van der Waals surface area (Å²) < 4.78 is 10.2. The van der Waals surface area contributed by atoms with E-state index in [2.05, 4.69) is 39.8 Å². The summed E-state index contributed by atoms with van der Waals surface area (Å²) in [4.78, 5) is 0. The fourth-order valence-corrected chi connectivity index (χ4v) is 3.33. The molecule has 0 amide bonds. The zero-order valence-corrected chi connectivity index (χ0v) is 16.5. The molecule has 2 aromatic carbocycles. The molecule has 0 radical (unpaired) electrons. The second kappa shape index (κ2) is 9.10. The van der Waals surface area contributed by atoms with Gasteiger partial charge in [-0.25, -0.2) is 0 Å². The van der Waals surface area contributed by atoms with Gasteiger partial charge in [-0.3, -0.25) is 0 Å². The van der Waals surface area contributed by atoms with E-state index in [-0.39, 0.29) is 5.41 Å². The summed E-state index contributed by atoms with van der Waals surface area (Å²) in [5.74, 6) is 1.26. The molecule has 0 spiro atoms. The van der Waals surface area contributed by atoms with Crippen molar-refractivity contribution in [1.82, 2.24) is 0 Å². The minimum absolute atomic E-state index is 0.235. The van der Waals surface area contributed by atoms with E-state index in [9.17, 15) is 0 Å².